The molecular formula is C20H24ClFN2O3S. The molecule has 5 nitrogen and oxygen atoms in total. The molecule has 152 valence electrons. The lowest BCUT2D eigenvalue weighted by atomic mass is 10.1. The van der Waals surface area contributed by atoms with Crippen LogP contribution in [-0.2, 0) is 21.2 Å². The number of nitrogens with zero attached hydrogens (tertiary/aromatic N) is 1. The van der Waals surface area contributed by atoms with Crippen LogP contribution in [0.4, 0.5) is 10.1 Å². The summed E-state index contributed by atoms with van der Waals surface area (Å²) in [4.78, 5) is 12.0. The molecule has 0 aromatic heterocycles. The zero-order valence-corrected chi connectivity index (χ0v) is 17.5. The van der Waals surface area contributed by atoms with Crippen molar-refractivity contribution in [3.8, 4) is 0 Å². The van der Waals surface area contributed by atoms with Crippen molar-refractivity contribution in [2.45, 2.75) is 26.2 Å². The van der Waals surface area contributed by atoms with Crippen LogP contribution in [0, 0.1) is 12.7 Å². The molecule has 0 fully saturated rings. The number of hydrogen-bond donors (Lipinski definition) is 1. The van der Waals surface area contributed by atoms with Crippen molar-refractivity contribution < 1.29 is 17.6 Å². The van der Waals surface area contributed by atoms with Crippen molar-refractivity contribution >= 4 is 33.2 Å². The Balaban J connectivity index is 1.85. The monoisotopic (exact) mass is 426 g/mol. The van der Waals surface area contributed by atoms with E-state index in [1.807, 2.05) is 6.92 Å². The molecule has 2 aromatic carbocycles. The van der Waals surface area contributed by atoms with E-state index in [0.717, 1.165) is 17.4 Å². The normalized spacial score (nSPS) is 11.3. The Morgan fingerprint density at radius 3 is 2.50 bits per heavy atom. The second kappa shape index (κ2) is 9.89. The minimum absolute atomic E-state index is 0.154. The van der Waals surface area contributed by atoms with Crippen LogP contribution in [0.5, 0.6) is 0 Å². The number of amides is 1. The molecule has 2 aromatic rings. The number of aryl methyl sites for hydroxylation is 1. The number of halogens is 2. The van der Waals surface area contributed by atoms with E-state index in [9.17, 15) is 17.6 Å². The maximum Gasteiger partial charge on any atom is 0.232 e. The van der Waals surface area contributed by atoms with E-state index in [2.05, 4.69) is 5.32 Å². The largest absolute Gasteiger partial charge is 0.356 e. The summed E-state index contributed by atoms with van der Waals surface area (Å²) in [6, 6.07) is 11.2. The van der Waals surface area contributed by atoms with Crippen molar-refractivity contribution in [2.75, 3.05) is 23.7 Å². The molecule has 2 rings (SSSR count). The summed E-state index contributed by atoms with van der Waals surface area (Å²) in [7, 11) is -3.50. The molecule has 0 aliphatic carbocycles. The first kappa shape index (κ1) is 22.2. The van der Waals surface area contributed by atoms with E-state index in [4.69, 9.17) is 11.6 Å². The molecule has 0 atom stereocenters. The minimum Gasteiger partial charge on any atom is -0.356 e. The molecular weight excluding hydrogens is 403 g/mol. The average Bonchev–Trinajstić information content (AvgIpc) is 2.62. The SMILES string of the molecule is Cc1ccc(Cl)cc1N(CCCC(=O)NCCc1ccc(F)cc1)S(C)(=O)=O. The van der Waals surface area contributed by atoms with Gasteiger partial charge in [-0.3, -0.25) is 9.10 Å². The Kier molecular flexibility index (Phi) is 7.83. The molecule has 0 radical (unpaired) electrons. The Bertz CT molecular complexity index is 918. The van der Waals surface area contributed by atoms with Gasteiger partial charge < -0.3 is 5.32 Å². The number of carbonyl (C=O) groups excluding carboxylic acids is 1. The van der Waals surface area contributed by atoms with Gasteiger partial charge in [0.25, 0.3) is 0 Å². The summed E-state index contributed by atoms with van der Waals surface area (Å²) in [5.41, 5.74) is 2.24. The predicted molar refractivity (Wildman–Crippen MR) is 111 cm³/mol. The van der Waals surface area contributed by atoms with E-state index >= 15 is 0 Å². The van der Waals surface area contributed by atoms with Crippen molar-refractivity contribution in [3.05, 3.63) is 64.4 Å². The topological polar surface area (TPSA) is 66.5 Å². The third-order valence-corrected chi connectivity index (χ3v) is 5.67. The highest BCUT2D eigenvalue weighted by molar-refractivity contribution is 7.92. The van der Waals surface area contributed by atoms with Gasteiger partial charge in [0.05, 0.1) is 11.9 Å². The van der Waals surface area contributed by atoms with Crippen LogP contribution in [0.25, 0.3) is 0 Å². The lowest BCUT2D eigenvalue weighted by Gasteiger charge is -2.24. The summed E-state index contributed by atoms with van der Waals surface area (Å²) in [5, 5.41) is 3.25. The van der Waals surface area contributed by atoms with Gasteiger partial charge in [-0.1, -0.05) is 29.8 Å². The van der Waals surface area contributed by atoms with Crippen LogP contribution in [0.2, 0.25) is 5.02 Å². The van der Waals surface area contributed by atoms with Gasteiger partial charge in [0, 0.05) is 24.5 Å². The summed E-state index contributed by atoms with van der Waals surface area (Å²) in [6.45, 7) is 2.44. The number of nitrogens with one attached hydrogen (secondary N) is 1. The van der Waals surface area contributed by atoms with Crippen LogP contribution < -0.4 is 9.62 Å². The van der Waals surface area contributed by atoms with Crippen LogP contribution in [0.15, 0.2) is 42.5 Å². The molecule has 0 bridgehead atoms. The predicted octanol–water partition coefficient (Wildman–Crippen LogP) is 3.69. The van der Waals surface area contributed by atoms with Crippen LogP contribution in [0.1, 0.15) is 24.0 Å². The molecule has 8 heteroatoms. The van der Waals surface area contributed by atoms with Gasteiger partial charge in [0.2, 0.25) is 15.9 Å². The smallest absolute Gasteiger partial charge is 0.232 e. The van der Waals surface area contributed by atoms with Gasteiger partial charge >= 0.3 is 0 Å². The summed E-state index contributed by atoms with van der Waals surface area (Å²) < 4.78 is 38.5. The summed E-state index contributed by atoms with van der Waals surface area (Å²) in [5.74, 6) is -0.448. The van der Waals surface area contributed by atoms with E-state index in [-0.39, 0.29) is 24.7 Å². The molecule has 0 unspecified atom stereocenters. The number of anilines is 1. The number of rotatable bonds is 9. The van der Waals surface area contributed by atoms with Crippen molar-refractivity contribution in [1.82, 2.24) is 5.32 Å². The molecule has 0 heterocycles. The first-order valence-electron chi connectivity index (χ1n) is 8.92. The van der Waals surface area contributed by atoms with Crippen molar-refractivity contribution in [1.29, 1.82) is 0 Å². The highest BCUT2D eigenvalue weighted by atomic mass is 35.5. The van der Waals surface area contributed by atoms with E-state index in [0.29, 0.717) is 30.1 Å². The first-order chi connectivity index (χ1) is 13.2. The van der Waals surface area contributed by atoms with Gasteiger partial charge in [0.1, 0.15) is 5.82 Å². The van der Waals surface area contributed by atoms with Gasteiger partial charge in [-0.2, -0.15) is 0 Å². The minimum atomic E-state index is -3.50. The number of sulfonamides is 1. The first-order valence-corrected chi connectivity index (χ1v) is 11.1. The van der Waals surface area contributed by atoms with Crippen molar-refractivity contribution in [3.63, 3.8) is 0 Å². The van der Waals surface area contributed by atoms with E-state index in [1.165, 1.54) is 16.4 Å². The van der Waals surface area contributed by atoms with Gasteiger partial charge in [0.15, 0.2) is 0 Å². The molecule has 28 heavy (non-hydrogen) atoms. The van der Waals surface area contributed by atoms with Gasteiger partial charge in [-0.15, -0.1) is 0 Å². The quantitative estimate of drug-likeness (QED) is 0.665. The maximum absolute atomic E-state index is 12.9. The molecule has 0 aliphatic rings. The second-order valence-corrected chi connectivity index (χ2v) is 8.94. The third-order valence-electron chi connectivity index (χ3n) is 4.25. The molecule has 0 saturated carbocycles. The Morgan fingerprint density at radius 1 is 1.18 bits per heavy atom. The highest BCUT2D eigenvalue weighted by Crippen LogP contribution is 2.26. The third kappa shape index (κ3) is 6.80. The Morgan fingerprint density at radius 2 is 1.86 bits per heavy atom. The highest BCUT2D eigenvalue weighted by Gasteiger charge is 2.19. The molecule has 1 amide bonds. The zero-order valence-electron chi connectivity index (χ0n) is 15.9. The summed E-state index contributed by atoms with van der Waals surface area (Å²) in [6.07, 6.45) is 2.32. The lowest BCUT2D eigenvalue weighted by molar-refractivity contribution is -0.121. The van der Waals surface area contributed by atoms with E-state index in [1.54, 1.807) is 30.3 Å². The number of carbonyl (C=O) groups is 1. The molecule has 0 saturated heterocycles. The fraction of sp³-hybridized carbons (Fsp3) is 0.350. The average molecular weight is 427 g/mol. The summed E-state index contributed by atoms with van der Waals surface area (Å²) >= 11 is 6.01. The zero-order chi connectivity index (χ0) is 20.7. The molecule has 1 N–H and O–H groups in total. The molecule has 0 spiro atoms. The standard InChI is InChI=1S/C20H24ClFN2O3S/c1-15-5-8-17(21)14-19(15)24(28(2,26)27)13-3-4-20(25)23-12-11-16-6-9-18(22)10-7-16/h5-10,14H,3-4,11-13H2,1-2H3,(H,23,25). The lowest BCUT2D eigenvalue weighted by Crippen LogP contribution is -2.33. The Hall–Kier alpha value is -2.12. The number of benzene rings is 2. The fourth-order valence-corrected chi connectivity index (χ4v) is 3.97. The maximum atomic E-state index is 12.9. The second-order valence-electron chi connectivity index (χ2n) is 6.60. The van der Waals surface area contributed by atoms with E-state index < -0.39 is 10.0 Å². The van der Waals surface area contributed by atoms with Crippen LogP contribution >= 0.6 is 11.6 Å². The van der Waals surface area contributed by atoms with Crippen LogP contribution in [0.3, 0.4) is 0 Å². The fourth-order valence-electron chi connectivity index (χ4n) is 2.79. The van der Waals surface area contributed by atoms with Crippen LogP contribution in [-0.4, -0.2) is 33.7 Å². The molecule has 0 aliphatic heterocycles. The van der Waals surface area contributed by atoms with Crippen molar-refractivity contribution in [2.24, 2.45) is 0 Å². The van der Waals surface area contributed by atoms with Gasteiger partial charge in [-0.25, -0.2) is 12.8 Å². The number of hydrogen-bond acceptors (Lipinski definition) is 3. The Labute approximate surface area is 170 Å². The van der Waals surface area contributed by atoms with Gasteiger partial charge in [-0.05, 0) is 55.2 Å².